The molecule has 96 heavy (non-hydrogen) atoms. The Morgan fingerprint density at radius 1 is 0.490 bits per heavy atom. The molecule has 2 atom stereocenters. The first-order valence-electron chi connectivity index (χ1n) is 29.6. The highest BCUT2D eigenvalue weighted by molar-refractivity contribution is 6.52. The topological polar surface area (TPSA) is 283 Å². The summed E-state index contributed by atoms with van der Waals surface area (Å²) in [6, 6.07) is 41.0. The van der Waals surface area contributed by atoms with Gasteiger partial charge in [-0.3, -0.25) is 14.8 Å². The van der Waals surface area contributed by atoms with Gasteiger partial charge in [0.05, 0.1) is 11.1 Å². The van der Waals surface area contributed by atoms with Gasteiger partial charge in [-0.25, -0.2) is 28.8 Å². The second kappa shape index (κ2) is 33.5. The quantitative estimate of drug-likeness (QED) is 0.0235. The van der Waals surface area contributed by atoms with Gasteiger partial charge in [0.25, 0.3) is 5.91 Å². The largest absolute Gasteiger partial charge is 0.478 e. The lowest BCUT2D eigenvalue weighted by Crippen LogP contribution is -2.43. The molecule has 5 aromatic carbocycles. The Balaban J connectivity index is 0.000000211. The molecule has 0 spiro atoms. The van der Waals surface area contributed by atoms with Gasteiger partial charge in [0, 0.05) is 58.8 Å². The van der Waals surface area contributed by atoms with Crippen molar-refractivity contribution in [2.45, 2.75) is 124 Å². The molecule has 7 aromatic rings. The molecule has 2 aromatic heterocycles. The third kappa shape index (κ3) is 24.1. The summed E-state index contributed by atoms with van der Waals surface area (Å²) in [7, 11) is 0. The maximum absolute atomic E-state index is 12.9. The molecule has 0 radical (unpaired) electrons. The number of amides is 1. The van der Waals surface area contributed by atoms with Crippen LogP contribution in [0.5, 0.6) is 23.0 Å². The maximum atomic E-state index is 12.9. The van der Waals surface area contributed by atoms with Gasteiger partial charge in [-0.05, 0) is 201 Å². The first-order valence-corrected chi connectivity index (χ1v) is 31.9. The summed E-state index contributed by atoms with van der Waals surface area (Å²) in [5, 5.41) is 30.9. The average molecular weight is 1440 g/mol. The monoisotopic (exact) mass is 1440 g/mol. The number of carbonyl (C=O) groups excluding carboxylic acids is 4. The molecular formula is C70H71Cl6N3O17. The number of carbonyl (C=O) groups is 7. The number of carboxylic acid groups (broad SMARTS) is 3. The van der Waals surface area contributed by atoms with Crippen molar-refractivity contribution in [3.05, 3.63) is 214 Å². The number of pyridine rings is 2. The van der Waals surface area contributed by atoms with E-state index in [0.717, 1.165) is 29.5 Å². The van der Waals surface area contributed by atoms with Crippen LogP contribution < -0.4 is 24.3 Å². The highest BCUT2D eigenvalue weighted by atomic mass is 35.5. The number of rotatable bonds is 25. The first kappa shape index (κ1) is 76.6. The van der Waals surface area contributed by atoms with E-state index in [0.29, 0.717) is 51.6 Å². The summed E-state index contributed by atoms with van der Waals surface area (Å²) in [4.78, 5) is 90.2. The van der Waals surface area contributed by atoms with Crippen LogP contribution in [-0.2, 0) is 39.8 Å². The third-order valence-electron chi connectivity index (χ3n) is 14.2. The number of nitrogens with zero attached hydrogens (tertiary/aromatic N) is 2. The lowest BCUT2D eigenvalue weighted by molar-refractivity contribution is -0.169. The van der Waals surface area contributed by atoms with Crippen molar-refractivity contribution in [1.29, 1.82) is 0 Å². The molecule has 1 amide bonds. The van der Waals surface area contributed by atoms with Gasteiger partial charge in [0.2, 0.25) is 0 Å². The van der Waals surface area contributed by atoms with Crippen LogP contribution in [0.15, 0.2) is 170 Å². The fraction of sp³-hybridized carbons (Fsp3) is 0.329. The van der Waals surface area contributed by atoms with Crippen molar-refractivity contribution >= 4 is 111 Å². The molecule has 0 bridgehead atoms. The van der Waals surface area contributed by atoms with E-state index in [2.05, 4.69) is 15.3 Å². The molecule has 2 heterocycles. The van der Waals surface area contributed by atoms with Gasteiger partial charge in [0.15, 0.2) is 28.5 Å². The number of aromatic nitrogens is 2. The Labute approximate surface area is 585 Å². The van der Waals surface area contributed by atoms with Crippen molar-refractivity contribution < 1.29 is 82.0 Å². The van der Waals surface area contributed by atoms with Crippen molar-refractivity contribution in [2.75, 3.05) is 19.8 Å². The summed E-state index contributed by atoms with van der Waals surface area (Å²) < 4.78 is 36.7. The summed E-state index contributed by atoms with van der Waals surface area (Å²) in [5.41, 5.74) is -1.09. The number of hydrogen-bond donors (Lipinski definition) is 4. The van der Waals surface area contributed by atoms with Crippen LogP contribution in [0.25, 0.3) is 0 Å². The van der Waals surface area contributed by atoms with Gasteiger partial charge < -0.3 is 53.8 Å². The molecule has 2 fully saturated rings. The van der Waals surface area contributed by atoms with E-state index in [1.165, 1.54) is 92.3 Å². The maximum Gasteiger partial charge on any atom is 0.350 e. The Hall–Kier alpha value is -8.37. The lowest BCUT2D eigenvalue weighted by atomic mass is 10.1. The Morgan fingerprint density at radius 2 is 0.823 bits per heavy atom. The van der Waals surface area contributed by atoms with Crippen molar-refractivity contribution in [3.63, 3.8) is 0 Å². The first-order chi connectivity index (χ1) is 45.0. The number of halogens is 6. The Morgan fingerprint density at radius 3 is 1.16 bits per heavy atom. The van der Waals surface area contributed by atoms with Crippen molar-refractivity contribution in [1.82, 2.24) is 15.3 Å². The molecule has 9 rings (SSSR count). The Kier molecular flexibility index (Phi) is 26.8. The predicted octanol–water partition coefficient (Wildman–Crippen LogP) is 14.6. The summed E-state index contributed by atoms with van der Waals surface area (Å²) in [5.74, 6) is -3.06. The van der Waals surface area contributed by atoms with E-state index < -0.39 is 73.0 Å². The highest BCUT2D eigenvalue weighted by Gasteiger charge is 2.53. The van der Waals surface area contributed by atoms with Crippen LogP contribution in [0.3, 0.4) is 0 Å². The minimum Gasteiger partial charge on any atom is -0.478 e. The molecule has 510 valence electrons. The van der Waals surface area contributed by atoms with Gasteiger partial charge in [0.1, 0.15) is 44.9 Å². The second-order valence-electron chi connectivity index (χ2n) is 23.9. The number of carboxylic acids is 3. The zero-order valence-electron chi connectivity index (χ0n) is 53.4. The number of hydrogen-bond acceptors (Lipinski definition) is 16. The molecule has 4 N–H and O–H groups in total. The van der Waals surface area contributed by atoms with E-state index in [1.54, 1.807) is 97.1 Å². The van der Waals surface area contributed by atoms with Crippen LogP contribution in [0, 0.1) is 0 Å². The van der Waals surface area contributed by atoms with Gasteiger partial charge >= 0.3 is 35.8 Å². The zero-order valence-corrected chi connectivity index (χ0v) is 57.9. The van der Waals surface area contributed by atoms with Crippen LogP contribution in [0.1, 0.15) is 128 Å². The van der Waals surface area contributed by atoms with E-state index in [4.69, 9.17) is 118 Å². The van der Waals surface area contributed by atoms with Crippen LogP contribution in [0.2, 0.25) is 10.0 Å². The van der Waals surface area contributed by atoms with Crippen LogP contribution in [0.4, 0.5) is 0 Å². The van der Waals surface area contributed by atoms with Crippen molar-refractivity contribution in [3.8, 4) is 23.0 Å². The molecule has 2 saturated carbocycles. The standard InChI is InChI=1S/C25H23ClN2O7.C19H20ClNO4.2C13H14Cl2O3/c1-25(2,35-20-9-7-19(26)8-10-20)24(31)34-21(15-32-22(29)17-5-3-11-27-13-17)16-33-23(30)18-6-4-12-28-14-18;1-19(2,18(23)24)25-16-9-3-13(4-10-16)11-12-21-17(22)14-5-7-15(20)8-6-14;2*1-12(2,11(16)17)18-9-5-3-8(4-6-9)10-7-13(10,14)15/h3-14,21H,15-16H2,1-2H3;3-10H,11-12H2,1-2H3,(H,21,22)(H,23,24);2*3-6,10H,7H2,1-2H3,(H,16,17). The van der Waals surface area contributed by atoms with E-state index in [1.807, 2.05) is 36.4 Å². The average Bonchev–Trinajstić information content (AvgIpc) is 1.62. The minimum atomic E-state index is -1.41. The van der Waals surface area contributed by atoms with Gasteiger partial charge in [-0.2, -0.15) is 0 Å². The smallest absolute Gasteiger partial charge is 0.350 e. The number of ether oxygens (including phenoxy) is 7. The fourth-order valence-corrected chi connectivity index (χ4v) is 9.54. The molecule has 2 unspecified atom stereocenters. The minimum absolute atomic E-state index is 0.153. The number of esters is 3. The molecule has 26 heteroatoms. The number of benzene rings is 5. The molecule has 2 aliphatic rings. The summed E-state index contributed by atoms with van der Waals surface area (Å²) >= 11 is 35.6. The van der Waals surface area contributed by atoms with Gasteiger partial charge in [-0.15, -0.1) is 46.4 Å². The zero-order chi connectivity index (χ0) is 70.8. The molecule has 20 nitrogen and oxygen atoms in total. The second-order valence-corrected chi connectivity index (χ2v) is 27.8. The molecule has 0 saturated heterocycles. The molecule has 0 aliphatic heterocycles. The SMILES string of the molecule is CC(C)(Oc1ccc(C2CC2(Cl)Cl)cc1)C(=O)O.CC(C)(Oc1ccc(C2CC2(Cl)Cl)cc1)C(=O)O.CC(C)(Oc1ccc(CCNC(=O)c2ccc(Cl)cc2)cc1)C(=O)O.CC(C)(Oc1ccc(Cl)cc1)C(=O)OC(COC(=O)c1cccnc1)COC(=O)c1cccnc1. The fourth-order valence-electron chi connectivity index (χ4n) is 8.17. The lowest BCUT2D eigenvalue weighted by Gasteiger charge is -2.27. The van der Waals surface area contributed by atoms with E-state index >= 15 is 0 Å². The third-order valence-corrected chi connectivity index (χ3v) is 16.3. The summed E-state index contributed by atoms with van der Waals surface area (Å²) in [6.45, 7) is 11.8. The predicted molar refractivity (Wildman–Crippen MR) is 363 cm³/mol. The summed E-state index contributed by atoms with van der Waals surface area (Å²) in [6.07, 6.45) is 6.76. The van der Waals surface area contributed by atoms with Gasteiger partial charge in [-0.1, -0.05) is 59.6 Å². The van der Waals surface area contributed by atoms with Crippen LogP contribution >= 0.6 is 69.6 Å². The number of alkyl halides is 4. The normalized spacial score (nSPS) is 14.9. The van der Waals surface area contributed by atoms with E-state index in [9.17, 15) is 33.6 Å². The van der Waals surface area contributed by atoms with E-state index in [-0.39, 0.29) is 42.1 Å². The molecular weight excluding hydrogens is 1370 g/mol. The van der Waals surface area contributed by atoms with Crippen molar-refractivity contribution in [2.24, 2.45) is 0 Å². The molecule has 2 aliphatic carbocycles. The number of nitrogens with one attached hydrogen (secondary N) is 1. The highest BCUT2D eigenvalue weighted by Crippen LogP contribution is 2.60. The Bertz CT molecular complexity index is 3620. The number of aliphatic carboxylic acids is 3. The van der Waals surface area contributed by atoms with Crippen LogP contribution in [-0.4, -0.2) is 124 Å².